The largest absolute Gasteiger partial charge is 0.508 e. The fourth-order valence-electron chi connectivity index (χ4n) is 6.86. The number of amides is 6. The summed E-state index contributed by atoms with van der Waals surface area (Å²) in [5, 5.41) is 33.3. The molecule has 0 spiro atoms. The molecule has 6 amide bonds. The smallest absolute Gasteiger partial charge is 0.410 e. The van der Waals surface area contributed by atoms with Crippen molar-refractivity contribution in [3.05, 3.63) is 65.7 Å². The average molecular weight is 852 g/mol. The molecule has 1 aliphatic rings. The number of aliphatic carboxylic acids is 1. The van der Waals surface area contributed by atoms with E-state index in [0.717, 1.165) is 0 Å². The van der Waals surface area contributed by atoms with Gasteiger partial charge in [-0.05, 0) is 94.5 Å². The highest BCUT2D eigenvalue weighted by atomic mass is 16.6. The molecule has 1 fully saturated rings. The maximum Gasteiger partial charge on any atom is 0.410 e. The van der Waals surface area contributed by atoms with Gasteiger partial charge in [-0.2, -0.15) is 0 Å². The number of aromatic hydroxyl groups is 1. The number of phenolic OH excluding ortho intramolecular Hbond substituents is 1. The number of hydrogen-bond donors (Lipinski definition) is 8. The first-order valence-corrected chi connectivity index (χ1v) is 20.9. The third-order valence-electron chi connectivity index (χ3n) is 10.0. The molecular weight excluding hydrogens is 787 g/mol. The van der Waals surface area contributed by atoms with E-state index in [1.807, 2.05) is 13.8 Å². The van der Waals surface area contributed by atoms with Crippen LogP contribution in [-0.2, 0) is 46.3 Å². The van der Waals surface area contributed by atoms with Crippen LogP contribution in [0, 0.1) is 11.8 Å². The van der Waals surface area contributed by atoms with Crippen molar-refractivity contribution in [1.82, 2.24) is 31.5 Å². The number of hydrogen-bond acceptors (Lipinski definition) is 10. The second-order valence-electron chi connectivity index (χ2n) is 17.3. The number of likely N-dealkylation sites (tertiary alicyclic amines) is 1. The average Bonchev–Trinajstić information content (AvgIpc) is 3.68. The molecule has 0 aromatic heterocycles. The van der Waals surface area contributed by atoms with Gasteiger partial charge in [0, 0.05) is 19.4 Å². The van der Waals surface area contributed by atoms with Gasteiger partial charge in [0.1, 0.15) is 47.6 Å². The van der Waals surface area contributed by atoms with E-state index in [9.17, 15) is 43.8 Å². The molecule has 17 nitrogen and oxygen atoms in total. The van der Waals surface area contributed by atoms with Crippen LogP contribution in [0.25, 0.3) is 0 Å². The predicted molar refractivity (Wildman–Crippen MR) is 228 cm³/mol. The van der Waals surface area contributed by atoms with Gasteiger partial charge in [0.15, 0.2) is 0 Å². The zero-order valence-corrected chi connectivity index (χ0v) is 36.4. The van der Waals surface area contributed by atoms with Gasteiger partial charge in [-0.3, -0.25) is 28.9 Å². The number of carbonyl (C=O) groups excluding carboxylic acids is 6. The number of carbonyl (C=O) groups is 7. The van der Waals surface area contributed by atoms with Crippen molar-refractivity contribution in [3.63, 3.8) is 0 Å². The number of nitrogens with zero attached hydrogens (tertiary/aromatic N) is 1. The molecule has 6 atom stereocenters. The number of carboxylic acid groups (broad SMARTS) is 1. The van der Waals surface area contributed by atoms with Crippen LogP contribution in [-0.4, -0.2) is 112 Å². The Labute approximate surface area is 358 Å². The summed E-state index contributed by atoms with van der Waals surface area (Å²) in [5.74, 6) is -5.24. The van der Waals surface area contributed by atoms with E-state index in [-0.39, 0.29) is 50.4 Å². The molecule has 2 aromatic rings. The summed E-state index contributed by atoms with van der Waals surface area (Å²) in [6, 6.07) is 7.94. The van der Waals surface area contributed by atoms with Crippen molar-refractivity contribution in [2.45, 2.75) is 135 Å². The lowest BCUT2D eigenvalue weighted by atomic mass is 9.99. The van der Waals surface area contributed by atoms with Gasteiger partial charge in [-0.25, -0.2) is 9.59 Å². The fourth-order valence-corrected chi connectivity index (χ4v) is 6.86. The van der Waals surface area contributed by atoms with Crippen LogP contribution in [0.1, 0.15) is 91.7 Å². The second kappa shape index (κ2) is 23.3. The Balaban J connectivity index is 1.81. The highest BCUT2D eigenvalue weighted by molar-refractivity contribution is 5.97. The quantitative estimate of drug-likeness (QED) is 0.0906. The molecule has 0 bridgehead atoms. The minimum atomic E-state index is -1.27. The van der Waals surface area contributed by atoms with Gasteiger partial charge >= 0.3 is 12.1 Å². The molecule has 1 heterocycles. The lowest BCUT2D eigenvalue weighted by Crippen LogP contribution is -2.60. The molecular formula is C44H65N7O10. The molecule has 61 heavy (non-hydrogen) atoms. The second-order valence-corrected chi connectivity index (χ2v) is 17.3. The highest BCUT2D eigenvalue weighted by Crippen LogP contribution is 2.22. The summed E-state index contributed by atoms with van der Waals surface area (Å²) in [6.45, 7) is 12.7. The maximum absolute atomic E-state index is 14.1. The molecule has 9 N–H and O–H groups in total. The van der Waals surface area contributed by atoms with Gasteiger partial charge in [0.25, 0.3) is 0 Å². The standard InChI is InChI=1S/C44H65N7O10/c1-26(2)23-32(38(54)49-34(42(58)59)25-28-13-9-8-10-14-28)47-37(53)31(15-11-21-45)46-41(57)36(27(3)4)50-39(55)33(24-29-17-19-30(52)20-18-29)48-40(56)35-16-12-22-51(35)43(60)61-44(5,6)7/h8-10,13-14,17-20,26-27,31-36,52H,11-12,15-16,21-25,45H2,1-7H3,(H,46,57)(H,47,53)(H,48,56)(H,49,54)(H,50,55)(H,58,59)/t31-,32-,33+,34+,35-,36-/m0/s1. The van der Waals surface area contributed by atoms with Gasteiger partial charge in [0.05, 0.1) is 0 Å². The van der Waals surface area contributed by atoms with Crippen molar-refractivity contribution in [1.29, 1.82) is 0 Å². The van der Waals surface area contributed by atoms with Crippen molar-refractivity contribution in [2.75, 3.05) is 13.1 Å². The van der Waals surface area contributed by atoms with Crippen LogP contribution in [0.15, 0.2) is 54.6 Å². The van der Waals surface area contributed by atoms with Gasteiger partial charge < -0.3 is 47.3 Å². The maximum atomic E-state index is 14.1. The Morgan fingerprint density at radius 2 is 1.31 bits per heavy atom. The Bertz CT molecular complexity index is 1800. The number of benzene rings is 2. The Hall–Kier alpha value is -5.71. The minimum Gasteiger partial charge on any atom is -0.508 e. The van der Waals surface area contributed by atoms with Crippen LogP contribution >= 0.6 is 0 Å². The van der Waals surface area contributed by atoms with E-state index in [0.29, 0.717) is 30.4 Å². The van der Waals surface area contributed by atoms with Crippen LogP contribution in [0.5, 0.6) is 5.75 Å². The van der Waals surface area contributed by atoms with Crippen molar-refractivity contribution in [3.8, 4) is 5.75 Å². The van der Waals surface area contributed by atoms with E-state index in [4.69, 9.17) is 10.5 Å². The van der Waals surface area contributed by atoms with E-state index in [2.05, 4.69) is 26.6 Å². The molecule has 0 aliphatic carbocycles. The number of nitrogens with one attached hydrogen (secondary N) is 5. The summed E-state index contributed by atoms with van der Waals surface area (Å²) >= 11 is 0. The van der Waals surface area contributed by atoms with Crippen molar-refractivity contribution >= 4 is 41.6 Å². The van der Waals surface area contributed by atoms with Gasteiger partial charge in [-0.1, -0.05) is 70.2 Å². The first-order chi connectivity index (χ1) is 28.7. The summed E-state index contributed by atoms with van der Waals surface area (Å²) in [4.78, 5) is 95.8. The summed E-state index contributed by atoms with van der Waals surface area (Å²) < 4.78 is 5.52. The van der Waals surface area contributed by atoms with Crippen molar-refractivity contribution in [2.24, 2.45) is 17.6 Å². The molecule has 0 saturated carbocycles. The van der Waals surface area contributed by atoms with Crippen LogP contribution in [0.2, 0.25) is 0 Å². The molecule has 1 aliphatic heterocycles. The van der Waals surface area contributed by atoms with Gasteiger partial charge in [-0.15, -0.1) is 0 Å². The first-order valence-electron chi connectivity index (χ1n) is 20.9. The SMILES string of the molecule is CC(C)C[C@H](NC(=O)[C@H](CCCN)NC(=O)[C@@H](NC(=O)[C@@H](Cc1ccc(O)cc1)NC(=O)[C@@H]1CCCN1C(=O)OC(C)(C)C)C(C)C)C(=O)N[C@H](Cc1ccccc1)C(=O)O. The Kier molecular flexibility index (Phi) is 19.0. The lowest BCUT2D eigenvalue weighted by molar-refractivity contribution is -0.142. The van der Waals surface area contributed by atoms with E-state index in [1.165, 1.54) is 17.0 Å². The summed E-state index contributed by atoms with van der Waals surface area (Å²) in [7, 11) is 0. The molecule has 0 unspecified atom stereocenters. The minimum absolute atomic E-state index is 0.00110. The molecule has 3 rings (SSSR count). The molecule has 17 heteroatoms. The molecule has 1 saturated heterocycles. The fraction of sp³-hybridized carbons (Fsp3) is 0.568. The van der Waals surface area contributed by atoms with Crippen LogP contribution in [0.3, 0.4) is 0 Å². The van der Waals surface area contributed by atoms with Gasteiger partial charge in [0.2, 0.25) is 29.5 Å². The van der Waals surface area contributed by atoms with Crippen LogP contribution in [0.4, 0.5) is 4.79 Å². The van der Waals surface area contributed by atoms with E-state index in [1.54, 1.807) is 77.1 Å². The zero-order valence-electron chi connectivity index (χ0n) is 36.4. The number of ether oxygens (including phenoxy) is 1. The predicted octanol–water partition coefficient (Wildman–Crippen LogP) is 2.53. The monoisotopic (exact) mass is 851 g/mol. The normalized spacial score (nSPS) is 16.4. The van der Waals surface area contributed by atoms with E-state index < -0.39 is 89.4 Å². The number of carboxylic acids is 1. The van der Waals surface area contributed by atoms with E-state index >= 15 is 0 Å². The topological polar surface area (TPSA) is 259 Å². The number of rotatable bonds is 21. The summed E-state index contributed by atoms with van der Waals surface area (Å²) in [6.07, 6.45) is 0.795. The third-order valence-corrected chi connectivity index (χ3v) is 10.0. The highest BCUT2D eigenvalue weighted by Gasteiger charge is 2.39. The van der Waals surface area contributed by atoms with Crippen LogP contribution < -0.4 is 32.3 Å². The number of nitrogens with two attached hydrogens (primary N) is 1. The Morgan fingerprint density at radius 1 is 0.754 bits per heavy atom. The lowest BCUT2D eigenvalue weighted by Gasteiger charge is -2.30. The Morgan fingerprint density at radius 3 is 1.89 bits per heavy atom. The third kappa shape index (κ3) is 16.3. The molecule has 336 valence electrons. The number of phenols is 1. The molecule has 0 radical (unpaired) electrons. The van der Waals surface area contributed by atoms with Crippen molar-refractivity contribution < 1.29 is 48.5 Å². The molecule has 2 aromatic carbocycles. The zero-order chi connectivity index (χ0) is 45.4. The first kappa shape index (κ1) is 49.7. The summed E-state index contributed by atoms with van der Waals surface area (Å²) in [5.41, 5.74) is 6.28.